The summed E-state index contributed by atoms with van der Waals surface area (Å²) in [5.74, 6) is 0.637. The van der Waals surface area contributed by atoms with Gasteiger partial charge in [-0.25, -0.2) is 0 Å². The Morgan fingerprint density at radius 3 is 2.65 bits per heavy atom. The maximum Gasteiger partial charge on any atom is 0.267 e. The van der Waals surface area contributed by atoms with Gasteiger partial charge in [-0.1, -0.05) is 12.8 Å². The van der Waals surface area contributed by atoms with Gasteiger partial charge in [0.15, 0.2) is 0 Å². The molecule has 0 unspecified atom stereocenters. The molecule has 3 N–H and O–H groups in total. The first-order valence-corrected chi connectivity index (χ1v) is 10.7. The lowest BCUT2D eigenvalue weighted by molar-refractivity contribution is -0.126. The van der Waals surface area contributed by atoms with Gasteiger partial charge in [-0.15, -0.1) is 0 Å². The lowest BCUT2D eigenvalue weighted by Gasteiger charge is -2.31. The predicted octanol–water partition coefficient (Wildman–Crippen LogP) is 2.89. The van der Waals surface area contributed by atoms with Crippen LogP contribution in [0.3, 0.4) is 0 Å². The Kier molecular flexibility index (Phi) is 5.77. The van der Waals surface area contributed by atoms with Gasteiger partial charge in [-0.3, -0.25) is 9.59 Å². The van der Waals surface area contributed by atoms with E-state index in [9.17, 15) is 14.9 Å². The quantitative estimate of drug-likeness (QED) is 0.632. The van der Waals surface area contributed by atoms with Crippen LogP contribution in [0, 0.1) is 22.7 Å². The van der Waals surface area contributed by atoms with Crippen LogP contribution in [0.5, 0.6) is 11.5 Å². The molecule has 1 aromatic heterocycles. The number of fused-ring (bicyclic) bond motifs is 1. The van der Waals surface area contributed by atoms with Gasteiger partial charge in [0.05, 0.1) is 37.1 Å². The fraction of sp³-hybridized carbons (Fsp3) is 0.522. The highest BCUT2D eigenvalue weighted by Crippen LogP contribution is 2.44. The molecule has 0 bridgehead atoms. The van der Waals surface area contributed by atoms with Crippen LogP contribution in [-0.4, -0.2) is 43.6 Å². The molecule has 2 aliphatic carbocycles. The van der Waals surface area contributed by atoms with E-state index in [2.05, 4.69) is 21.7 Å². The van der Waals surface area contributed by atoms with E-state index in [1.807, 2.05) is 6.07 Å². The SMILES string of the molecule is COc1cc(OC)c2cc(C(=O)N[C@H]3CCCC[C@H]3C(=O)NCC3(C#N)CC3)[nH]c2c1. The minimum Gasteiger partial charge on any atom is -0.497 e. The average Bonchev–Trinajstić information content (AvgIpc) is 3.45. The number of nitrogens with zero attached hydrogens (tertiary/aromatic N) is 1. The molecule has 0 spiro atoms. The molecule has 2 amide bonds. The van der Waals surface area contributed by atoms with Crippen molar-refractivity contribution in [2.75, 3.05) is 20.8 Å². The van der Waals surface area contributed by atoms with Crippen molar-refractivity contribution in [2.45, 2.75) is 44.6 Å². The number of aromatic nitrogens is 1. The zero-order valence-electron chi connectivity index (χ0n) is 17.9. The maximum absolute atomic E-state index is 13.0. The van der Waals surface area contributed by atoms with E-state index in [1.54, 1.807) is 26.4 Å². The van der Waals surface area contributed by atoms with Crippen molar-refractivity contribution in [3.05, 3.63) is 23.9 Å². The number of rotatable bonds is 7. The second-order valence-corrected chi connectivity index (χ2v) is 8.55. The summed E-state index contributed by atoms with van der Waals surface area (Å²) in [6, 6.07) is 7.40. The first kappa shape index (κ1) is 21.0. The van der Waals surface area contributed by atoms with Crippen LogP contribution in [0.1, 0.15) is 49.0 Å². The Labute approximate surface area is 181 Å². The number of amides is 2. The molecule has 0 aliphatic heterocycles. The Morgan fingerprint density at radius 1 is 1.19 bits per heavy atom. The number of carbonyl (C=O) groups is 2. The molecule has 4 rings (SSSR count). The van der Waals surface area contributed by atoms with Crippen LogP contribution in [-0.2, 0) is 4.79 Å². The molecule has 2 aliphatic rings. The third-order valence-electron chi connectivity index (χ3n) is 6.48. The van der Waals surface area contributed by atoms with Crippen molar-refractivity contribution in [1.82, 2.24) is 15.6 Å². The standard InChI is InChI=1S/C23H28N4O4/c1-30-14-9-18-16(20(10-14)31-2)11-19(26-18)22(29)27-17-6-4-3-5-15(17)21(28)25-13-23(12-24)7-8-23/h9-11,15,17,26H,3-8,13H2,1-2H3,(H,25,28)(H,27,29)/t15-,17+/m1/s1. The fourth-order valence-electron chi connectivity index (χ4n) is 4.32. The maximum atomic E-state index is 13.0. The molecule has 0 radical (unpaired) electrons. The summed E-state index contributed by atoms with van der Waals surface area (Å²) in [5, 5.41) is 16.0. The van der Waals surface area contributed by atoms with Crippen molar-refractivity contribution in [2.24, 2.45) is 11.3 Å². The predicted molar refractivity (Wildman–Crippen MR) is 115 cm³/mol. The van der Waals surface area contributed by atoms with E-state index in [-0.39, 0.29) is 29.2 Å². The first-order valence-electron chi connectivity index (χ1n) is 10.7. The molecule has 1 heterocycles. The van der Waals surface area contributed by atoms with Gasteiger partial charge >= 0.3 is 0 Å². The summed E-state index contributed by atoms with van der Waals surface area (Å²) in [6.07, 6.45) is 5.08. The Bertz CT molecular complexity index is 1030. The smallest absolute Gasteiger partial charge is 0.267 e. The van der Waals surface area contributed by atoms with Gasteiger partial charge < -0.3 is 25.1 Å². The number of aromatic amines is 1. The molecule has 8 heteroatoms. The second-order valence-electron chi connectivity index (χ2n) is 8.55. The molecule has 2 fully saturated rings. The van der Waals surface area contributed by atoms with Crippen LogP contribution < -0.4 is 20.1 Å². The van der Waals surface area contributed by atoms with Crippen LogP contribution in [0.2, 0.25) is 0 Å². The summed E-state index contributed by atoms with van der Waals surface area (Å²) in [4.78, 5) is 28.9. The van der Waals surface area contributed by atoms with Crippen molar-refractivity contribution < 1.29 is 19.1 Å². The monoisotopic (exact) mass is 424 g/mol. The van der Waals surface area contributed by atoms with E-state index in [1.165, 1.54) is 0 Å². The van der Waals surface area contributed by atoms with Crippen LogP contribution >= 0.6 is 0 Å². The van der Waals surface area contributed by atoms with Gasteiger partial charge in [-0.05, 0) is 31.7 Å². The summed E-state index contributed by atoms with van der Waals surface area (Å²) < 4.78 is 10.7. The minimum absolute atomic E-state index is 0.0745. The Balaban J connectivity index is 1.47. The van der Waals surface area contributed by atoms with Crippen LogP contribution in [0.4, 0.5) is 0 Å². The molecule has 31 heavy (non-hydrogen) atoms. The largest absolute Gasteiger partial charge is 0.497 e. The lowest BCUT2D eigenvalue weighted by atomic mass is 9.83. The number of methoxy groups -OCH3 is 2. The van der Waals surface area contributed by atoms with Crippen molar-refractivity contribution in [1.29, 1.82) is 5.26 Å². The minimum atomic E-state index is -0.381. The van der Waals surface area contributed by atoms with Gasteiger partial charge in [-0.2, -0.15) is 5.26 Å². The summed E-state index contributed by atoms with van der Waals surface area (Å²) in [7, 11) is 3.15. The topological polar surface area (TPSA) is 116 Å². The molecule has 2 atom stereocenters. The number of carbonyl (C=O) groups excluding carboxylic acids is 2. The highest BCUT2D eigenvalue weighted by Gasteiger charge is 2.44. The fourth-order valence-corrected chi connectivity index (χ4v) is 4.32. The van der Waals surface area contributed by atoms with E-state index >= 15 is 0 Å². The van der Waals surface area contributed by atoms with E-state index in [0.29, 0.717) is 23.7 Å². The molecular formula is C23H28N4O4. The van der Waals surface area contributed by atoms with Gasteiger partial charge in [0.2, 0.25) is 5.91 Å². The second kappa shape index (κ2) is 8.50. The van der Waals surface area contributed by atoms with Crippen LogP contribution in [0.25, 0.3) is 10.9 Å². The zero-order valence-corrected chi connectivity index (χ0v) is 17.9. The number of hydrogen-bond acceptors (Lipinski definition) is 5. The molecule has 2 saturated carbocycles. The molecular weight excluding hydrogens is 396 g/mol. The number of hydrogen-bond donors (Lipinski definition) is 3. The number of H-pyrrole nitrogens is 1. The Hall–Kier alpha value is -3.21. The van der Waals surface area contributed by atoms with E-state index in [0.717, 1.165) is 49.4 Å². The van der Waals surface area contributed by atoms with E-state index < -0.39 is 0 Å². The molecule has 2 aromatic rings. The van der Waals surface area contributed by atoms with Gasteiger partial charge in [0.25, 0.3) is 5.91 Å². The van der Waals surface area contributed by atoms with Crippen LogP contribution in [0.15, 0.2) is 18.2 Å². The highest BCUT2D eigenvalue weighted by molar-refractivity contribution is 6.00. The summed E-state index contributed by atoms with van der Waals surface area (Å²) in [5.41, 5.74) is 0.770. The van der Waals surface area contributed by atoms with Crippen molar-refractivity contribution in [3.8, 4) is 17.6 Å². The number of nitrogens with one attached hydrogen (secondary N) is 3. The lowest BCUT2D eigenvalue weighted by Crippen LogP contribution is -2.49. The Morgan fingerprint density at radius 2 is 1.97 bits per heavy atom. The molecule has 164 valence electrons. The average molecular weight is 425 g/mol. The third kappa shape index (κ3) is 4.31. The van der Waals surface area contributed by atoms with Gasteiger partial charge in [0, 0.05) is 30.1 Å². The molecule has 8 nitrogen and oxygen atoms in total. The number of nitriles is 1. The molecule has 1 aromatic carbocycles. The van der Waals surface area contributed by atoms with E-state index in [4.69, 9.17) is 9.47 Å². The molecule has 0 saturated heterocycles. The van der Waals surface area contributed by atoms with Crippen molar-refractivity contribution >= 4 is 22.7 Å². The van der Waals surface area contributed by atoms with Gasteiger partial charge in [0.1, 0.15) is 17.2 Å². The number of ether oxygens (including phenoxy) is 2. The number of benzene rings is 1. The summed E-state index contributed by atoms with van der Waals surface area (Å²) >= 11 is 0. The first-order chi connectivity index (χ1) is 15.0. The summed E-state index contributed by atoms with van der Waals surface area (Å²) in [6.45, 7) is 0.392. The zero-order chi connectivity index (χ0) is 22.0. The van der Waals surface area contributed by atoms with Crippen molar-refractivity contribution in [3.63, 3.8) is 0 Å². The normalized spacial score (nSPS) is 21.7. The highest BCUT2D eigenvalue weighted by atomic mass is 16.5. The third-order valence-corrected chi connectivity index (χ3v) is 6.48.